The zero-order valence-corrected chi connectivity index (χ0v) is 45.1. The van der Waals surface area contributed by atoms with E-state index in [1.807, 2.05) is 47.2 Å². The second-order valence-corrected chi connectivity index (χ2v) is 25.7. The fourth-order valence-electron chi connectivity index (χ4n) is 11.4. The Bertz CT molecular complexity index is 2800. The third kappa shape index (κ3) is 13.6. The largest absolute Gasteiger partial charge is 0.501 e. The molecule has 2 bridgehead atoms. The fraction of sp³-hybridized carbons (Fsp3) is 0.491. The summed E-state index contributed by atoms with van der Waals surface area (Å²) in [7, 11) is -10.9. The molecule has 4 aromatic carbocycles. The molecule has 396 valence electrons. The zero-order valence-electron chi connectivity index (χ0n) is 41.1. The number of carbonyl (C=O) groups excluding carboxylic acids is 1. The number of fused-ring (bicyclic) bond motifs is 2. The molecule has 3 heterocycles. The number of piperidine rings is 1. The highest BCUT2D eigenvalue weighted by Gasteiger charge is 2.49. The van der Waals surface area contributed by atoms with Crippen molar-refractivity contribution in [2.24, 2.45) is 11.3 Å². The molecule has 1 saturated carbocycles. The molecular formula is C53H66Cl2F3N7O5S3. The van der Waals surface area contributed by atoms with Crippen LogP contribution in [0.15, 0.2) is 117 Å². The number of benzene rings is 4. The molecule has 20 heteroatoms. The topological polar surface area (TPSA) is 134 Å². The summed E-state index contributed by atoms with van der Waals surface area (Å²) in [6.07, 6.45) is 7.11. The SMILES string of the molecule is C[C@@]1(CN2CCNCC2)CCC(c2ccc(Cl)cc2)=C(CN2CCN(c3ccc(C(=O)NS(=O)(=O)c4ccc(N[C@H](CCN5CC6CCC5C6)CSc5ccccc5)c(S(=O)(=O)C(F)(F)F)c4)cc3)CC2)C1.Cl. The summed E-state index contributed by atoms with van der Waals surface area (Å²) in [5.41, 5.74) is -0.938. The molecule has 3 aliphatic heterocycles. The molecule has 3 N–H and O–H groups in total. The van der Waals surface area contributed by atoms with E-state index in [2.05, 4.69) is 49.3 Å². The molecule has 5 aliphatic rings. The van der Waals surface area contributed by atoms with Gasteiger partial charge in [-0.15, -0.1) is 24.2 Å². The van der Waals surface area contributed by atoms with Gasteiger partial charge in [-0.2, -0.15) is 13.2 Å². The summed E-state index contributed by atoms with van der Waals surface area (Å²) in [6, 6.07) is 26.7. The molecular weight excluding hydrogens is 1040 g/mol. The Morgan fingerprint density at radius 1 is 0.890 bits per heavy atom. The predicted octanol–water partition coefficient (Wildman–Crippen LogP) is 9.29. The molecule has 9 rings (SSSR count). The van der Waals surface area contributed by atoms with Crippen LogP contribution in [0, 0.1) is 11.3 Å². The van der Waals surface area contributed by atoms with Crippen molar-refractivity contribution in [2.75, 3.05) is 94.5 Å². The second-order valence-electron chi connectivity index (χ2n) is 20.5. The van der Waals surface area contributed by atoms with Crippen LogP contribution in [0.1, 0.15) is 67.8 Å². The Labute approximate surface area is 444 Å². The number of carbonyl (C=O) groups is 1. The quantitative estimate of drug-likeness (QED) is 0.0821. The molecule has 0 aromatic heterocycles. The van der Waals surface area contributed by atoms with E-state index in [9.17, 15) is 34.8 Å². The van der Waals surface area contributed by atoms with Crippen LogP contribution in [0.5, 0.6) is 0 Å². The minimum atomic E-state index is -6.05. The van der Waals surface area contributed by atoms with Gasteiger partial charge >= 0.3 is 5.51 Å². The number of hydrogen-bond donors (Lipinski definition) is 3. The Balaban J connectivity index is 0.00000711. The number of allylic oxidation sites excluding steroid dienone is 1. The number of alkyl halides is 3. The smallest absolute Gasteiger partial charge is 0.380 e. The Morgan fingerprint density at radius 3 is 2.26 bits per heavy atom. The predicted molar refractivity (Wildman–Crippen MR) is 288 cm³/mol. The van der Waals surface area contributed by atoms with Gasteiger partial charge < -0.3 is 25.3 Å². The van der Waals surface area contributed by atoms with Crippen molar-refractivity contribution in [3.8, 4) is 0 Å². The van der Waals surface area contributed by atoms with E-state index in [1.54, 1.807) is 12.1 Å². The van der Waals surface area contributed by atoms with E-state index < -0.39 is 47.1 Å². The van der Waals surface area contributed by atoms with Crippen LogP contribution in [-0.4, -0.2) is 139 Å². The highest BCUT2D eigenvalue weighted by molar-refractivity contribution is 7.99. The standard InChI is InChI=1S/C53H65ClF3N7O5S3.ClH/c1-52(37-62-25-22-58-23-26-62)21-19-48(39-8-12-42(54)13-9-39)41(33-52)35-61-27-29-63(30-28-61)44-15-10-40(11-16-44)51(65)60-72(68,69)47-17-18-49(50(32-47)71(66,67)53(55,56)57)59-43(36-70-46-5-3-2-4-6-46)20-24-64-34-38-7-14-45(64)31-38;/h2-6,8-13,15-18,32,38,43,45,58-59H,7,14,19-31,33-37H2,1H3,(H,60,65);1H/t38?,43-,45?,52-;/m1./s1. The first-order valence-electron chi connectivity index (χ1n) is 25.1. The molecule has 4 fully saturated rings. The Kier molecular flexibility index (Phi) is 17.9. The number of piperazine rings is 2. The maximum Gasteiger partial charge on any atom is 0.501 e. The fourth-order valence-corrected chi connectivity index (χ4v) is 14.5. The van der Waals surface area contributed by atoms with Gasteiger partial charge in [-0.1, -0.05) is 54.4 Å². The highest BCUT2D eigenvalue weighted by Crippen LogP contribution is 2.44. The summed E-state index contributed by atoms with van der Waals surface area (Å²) < 4.78 is 98.6. The van der Waals surface area contributed by atoms with Gasteiger partial charge in [0.25, 0.3) is 25.8 Å². The second kappa shape index (κ2) is 23.6. The third-order valence-electron chi connectivity index (χ3n) is 15.3. The maximum atomic E-state index is 14.3. The molecule has 0 spiro atoms. The van der Waals surface area contributed by atoms with E-state index in [1.165, 1.54) is 47.0 Å². The van der Waals surface area contributed by atoms with Crippen molar-refractivity contribution in [3.63, 3.8) is 0 Å². The summed E-state index contributed by atoms with van der Waals surface area (Å²) in [5.74, 6) is 0.0377. The van der Waals surface area contributed by atoms with Crippen LogP contribution >= 0.6 is 35.8 Å². The van der Waals surface area contributed by atoms with Gasteiger partial charge in [0.2, 0.25) is 0 Å². The average molecular weight is 1110 g/mol. The van der Waals surface area contributed by atoms with Crippen molar-refractivity contribution >= 4 is 78.5 Å². The summed E-state index contributed by atoms with van der Waals surface area (Å²) in [4.78, 5) is 22.1. The first-order valence-corrected chi connectivity index (χ1v) is 29.4. The first-order chi connectivity index (χ1) is 34.4. The lowest BCUT2D eigenvalue weighted by molar-refractivity contribution is -0.0435. The number of thioether (sulfide) groups is 1. The van der Waals surface area contributed by atoms with Gasteiger partial charge in [-0.25, -0.2) is 21.6 Å². The van der Waals surface area contributed by atoms with E-state index in [-0.39, 0.29) is 29.1 Å². The van der Waals surface area contributed by atoms with E-state index in [0.717, 1.165) is 132 Å². The molecule has 12 nitrogen and oxygen atoms in total. The van der Waals surface area contributed by atoms with Crippen LogP contribution < -0.4 is 20.3 Å². The van der Waals surface area contributed by atoms with Gasteiger partial charge in [0, 0.05) is 118 Å². The third-order valence-corrected chi connectivity index (χ3v) is 19.5. The van der Waals surface area contributed by atoms with Gasteiger partial charge in [0.15, 0.2) is 0 Å². The monoisotopic (exact) mass is 1100 g/mol. The first kappa shape index (κ1) is 55.4. The Hall–Kier alpha value is -3.85. The zero-order chi connectivity index (χ0) is 50.7. The minimum absolute atomic E-state index is 0. The maximum absolute atomic E-state index is 14.3. The molecule has 4 aromatic rings. The number of nitrogens with zero attached hydrogens (tertiary/aromatic N) is 4. The van der Waals surface area contributed by atoms with E-state index >= 15 is 0 Å². The minimum Gasteiger partial charge on any atom is -0.380 e. The molecule has 1 amide bonds. The van der Waals surface area contributed by atoms with Gasteiger partial charge in [0.05, 0.1) is 10.6 Å². The summed E-state index contributed by atoms with van der Waals surface area (Å²) in [5, 5.41) is 7.25. The average Bonchev–Trinajstić information content (AvgIpc) is 4.00. The number of likely N-dealkylation sites (tertiary alicyclic amines) is 1. The van der Waals surface area contributed by atoms with Crippen molar-refractivity contribution < 1.29 is 34.8 Å². The molecule has 2 aliphatic carbocycles. The number of anilines is 2. The Morgan fingerprint density at radius 2 is 1.60 bits per heavy atom. The molecule has 73 heavy (non-hydrogen) atoms. The summed E-state index contributed by atoms with van der Waals surface area (Å²) in [6.45, 7) is 13.3. The normalized spacial score (nSPS) is 22.8. The molecule has 4 atom stereocenters. The van der Waals surface area contributed by atoms with Crippen LogP contribution in [-0.2, 0) is 19.9 Å². The van der Waals surface area contributed by atoms with Gasteiger partial charge in [-0.05, 0) is 134 Å². The lowest BCUT2D eigenvalue weighted by Crippen LogP contribution is -2.49. The lowest BCUT2D eigenvalue weighted by atomic mass is 9.71. The van der Waals surface area contributed by atoms with Crippen LogP contribution in [0.4, 0.5) is 24.5 Å². The summed E-state index contributed by atoms with van der Waals surface area (Å²) >= 11 is 7.78. The number of rotatable bonds is 18. The van der Waals surface area contributed by atoms with Crippen molar-refractivity contribution in [3.05, 3.63) is 119 Å². The lowest BCUT2D eigenvalue weighted by Gasteiger charge is -2.43. The number of hydrogen-bond acceptors (Lipinski definition) is 12. The van der Waals surface area contributed by atoms with Crippen LogP contribution in [0.25, 0.3) is 5.57 Å². The van der Waals surface area contributed by atoms with Crippen molar-refractivity contribution in [1.82, 2.24) is 24.7 Å². The molecule has 3 saturated heterocycles. The van der Waals surface area contributed by atoms with Crippen molar-refractivity contribution in [2.45, 2.75) is 84.1 Å². The number of sulfonamides is 1. The number of sulfone groups is 1. The van der Waals surface area contributed by atoms with Gasteiger partial charge in [-0.3, -0.25) is 9.69 Å². The van der Waals surface area contributed by atoms with Gasteiger partial charge in [0.1, 0.15) is 4.90 Å². The van der Waals surface area contributed by atoms with Crippen LogP contribution in [0.2, 0.25) is 5.02 Å². The molecule has 2 unspecified atom stereocenters. The number of amides is 1. The van der Waals surface area contributed by atoms with E-state index in [0.29, 0.717) is 36.7 Å². The number of nitrogens with one attached hydrogen (secondary N) is 3. The van der Waals surface area contributed by atoms with E-state index in [4.69, 9.17) is 11.6 Å². The number of halogens is 5. The van der Waals surface area contributed by atoms with Crippen LogP contribution in [0.3, 0.4) is 0 Å². The van der Waals surface area contributed by atoms with Crippen molar-refractivity contribution in [1.29, 1.82) is 0 Å². The molecule has 0 radical (unpaired) electrons. The highest BCUT2D eigenvalue weighted by atomic mass is 35.5.